The molecular formula is C20H31FN2O. The van der Waals surface area contributed by atoms with E-state index in [4.69, 9.17) is 4.74 Å². The van der Waals surface area contributed by atoms with Gasteiger partial charge < -0.3 is 9.64 Å². The summed E-state index contributed by atoms with van der Waals surface area (Å²) in [5, 5.41) is 0. The number of hydrogen-bond donors (Lipinski definition) is 0. The quantitative estimate of drug-likeness (QED) is 0.814. The van der Waals surface area contributed by atoms with E-state index in [0.717, 1.165) is 43.8 Å². The third-order valence-electron chi connectivity index (χ3n) is 5.56. The van der Waals surface area contributed by atoms with Gasteiger partial charge in [-0.15, -0.1) is 0 Å². The molecule has 134 valence electrons. The van der Waals surface area contributed by atoms with Crippen LogP contribution in [-0.2, 0) is 0 Å². The zero-order chi connectivity index (χ0) is 16.9. The van der Waals surface area contributed by atoms with Gasteiger partial charge in [0.1, 0.15) is 18.2 Å². The van der Waals surface area contributed by atoms with Gasteiger partial charge in [-0.25, -0.2) is 4.39 Å². The third kappa shape index (κ3) is 4.48. The number of hydrogen-bond acceptors (Lipinski definition) is 3. The van der Waals surface area contributed by atoms with Crippen LogP contribution in [0.15, 0.2) is 12.1 Å². The summed E-state index contributed by atoms with van der Waals surface area (Å²) in [6, 6.07) is 3.63. The van der Waals surface area contributed by atoms with Gasteiger partial charge in [0.25, 0.3) is 0 Å². The molecule has 1 aromatic rings. The first kappa shape index (κ1) is 17.7. The lowest BCUT2D eigenvalue weighted by atomic mass is 9.88. The minimum atomic E-state index is -0.153. The van der Waals surface area contributed by atoms with Crippen LogP contribution >= 0.6 is 0 Å². The summed E-state index contributed by atoms with van der Waals surface area (Å²) in [5.41, 5.74) is 1.94. The van der Waals surface area contributed by atoms with Gasteiger partial charge in [-0.3, -0.25) is 4.90 Å². The lowest BCUT2D eigenvalue weighted by molar-refractivity contribution is 0.181. The van der Waals surface area contributed by atoms with Crippen LogP contribution in [0.3, 0.4) is 0 Å². The highest BCUT2D eigenvalue weighted by molar-refractivity contribution is 5.40. The van der Waals surface area contributed by atoms with Crippen LogP contribution in [-0.4, -0.2) is 56.2 Å². The average molecular weight is 334 g/mol. The van der Waals surface area contributed by atoms with E-state index in [1.165, 1.54) is 37.9 Å². The molecule has 2 saturated heterocycles. The van der Waals surface area contributed by atoms with Crippen LogP contribution in [0.25, 0.3) is 0 Å². The molecule has 0 unspecified atom stereocenters. The number of ether oxygens (including phenoxy) is 1. The predicted octanol–water partition coefficient (Wildman–Crippen LogP) is 3.81. The lowest BCUT2D eigenvalue weighted by Gasteiger charge is -2.31. The van der Waals surface area contributed by atoms with E-state index in [9.17, 15) is 4.39 Å². The average Bonchev–Trinajstić information content (AvgIpc) is 2.59. The number of aryl methyl sites for hydroxylation is 1. The largest absolute Gasteiger partial charge is 0.492 e. The summed E-state index contributed by atoms with van der Waals surface area (Å²) >= 11 is 0. The van der Waals surface area contributed by atoms with Gasteiger partial charge in [-0.2, -0.15) is 0 Å². The van der Waals surface area contributed by atoms with E-state index < -0.39 is 0 Å². The zero-order valence-electron chi connectivity index (χ0n) is 15.2. The fourth-order valence-electron chi connectivity index (χ4n) is 3.92. The molecule has 0 spiro atoms. The first-order valence-corrected chi connectivity index (χ1v) is 9.47. The summed E-state index contributed by atoms with van der Waals surface area (Å²) in [6.45, 7) is 8.01. The van der Waals surface area contributed by atoms with E-state index in [0.29, 0.717) is 12.5 Å². The van der Waals surface area contributed by atoms with Crippen molar-refractivity contribution >= 4 is 0 Å². The van der Waals surface area contributed by atoms with Crippen LogP contribution < -0.4 is 4.74 Å². The smallest absolute Gasteiger partial charge is 0.129 e. The van der Waals surface area contributed by atoms with Crippen LogP contribution in [0, 0.1) is 12.7 Å². The van der Waals surface area contributed by atoms with Gasteiger partial charge in [-0.1, -0.05) is 6.42 Å². The van der Waals surface area contributed by atoms with E-state index in [2.05, 4.69) is 16.8 Å². The molecular weight excluding hydrogens is 303 g/mol. The lowest BCUT2D eigenvalue weighted by Crippen LogP contribution is -2.33. The Labute approximate surface area is 145 Å². The molecule has 4 heteroatoms. The van der Waals surface area contributed by atoms with Gasteiger partial charge in [0, 0.05) is 12.6 Å². The molecule has 0 saturated carbocycles. The second-order valence-electron chi connectivity index (χ2n) is 7.47. The summed E-state index contributed by atoms with van der Waals surface area (Å²) < 4.78 is 20.1. The highest BCUT2D eigenvalue weighted by atomic mass is 19.1. The van der Waals surface area contributed by atoms with Crippen molar-refractivity contribution in [3.05, 3.63) is 29.1 Å². The Hall–Kier alpha value is -1.13. The van der Waals surface area contributed by atoms with E-state index in [1.54, 1.807) is 6.07 Å². The molecule has 0 aromatic heterocycles. The van der Waals surface area contributed by atoms with Crippen molar-refractivity contribution in [2.75, 3.05) is 46.4 Å². The molecule has 3 rings (SSSR count). The van der Waals surface area contributed by atoms with Crippen LogP contribution in [0.2, 0.25) is 0 Å². The first-order chi connectivity index (χ1) is 11.6. The molecule has 0 N–H and O–H groups in total. The van der Waals surface area contributed by atoms with E-state index >= 15 is 0 Å². The second kappa shape index (κ2) is 8.30. The van der Waals surface area contributed by atoms with Gasteiger partial charge >= 0.3 is 0 Å². The molecule has 3 nitrogen and oxygen atoms in total. The van der Waals surface area contributed by atoms with Crippen LogP contribution in [0.1, 0.15) is 49.1 Å². The van der Waals surface area contributed by atoms with Gasteiger partial charge in [0.15, 0.2) is 0 Å². The highest BCUT2D eigenvalue weighted by Crippen LogP contribution is 2.35. The highest BCUT2D eigenvalue weighted by Gasteiger charge is 2.23. The normalized spacial score (nSPS) is 21.1. The monoisotopic (exact) mass is 334 g/mol. The number of rotatable bonds is 5. The topological polar surface area (TPSA) is 15.7 Å². The Kier molecular flexibility index (Phi) is 6.12. The van der Waals surface area contributed by atoms with Crippen molar-refractivity contribution in [1.29, 1.82) is 0 Å². The fourth-order valence-corrected chi connectivity index (χ4v) is 3.92. The Morgan fingerprint density at radius 1 is 1.08 bits per heavy atom. The number of nitrogens with zero attached hydrogens (tertiary/aromatic N) is 2. The fraction of sp³-hybridized carbons (Fsp3) is 0.700. The molecule has 1 aromatic carbocycles. The van der Waals surface area contributed by atoms with Gasteiger partial charge in [0.2, 0.25) is 0 Å². The summed E-state index contributed by atoms with van der Waals surface area (Å²) in [6.07, 6.45) is 6.19. The second-order valence-corrected chi connectivity index (χ2v) is 7.47. The number of piperidine rings is 2. The molecule has 0 amide bonds. The molecule has 2 aliphatic heterocycles. The van der Waals surface area contributed by atoms with Crippen LogP contribution in [0.4, 0.5) is 4.39 Å². The molecule has 2 heterocycles. The Morgan fingerprint density at radius 3 is 2.50 bits per heavy atom. The molecule has 0 radical (unpaired) electrons. The van der Waals surface area contributed by atoms with E-state index in [1.807, 2.05) is 13.0 Å². The minimum Gasteiger partial charge on any atom is -0.492 e. The Bertz CT molecular complexity index is 535. The summed E-state index contributed by atoms with van der Waals surface area (Å²) in [5.74, 6) is 1.11. The maximum atomic E-state index is 14.1. The molecule has 0 atom stereocenters. The number of benzene rings is 1. The molecule has 0 bridgehead atoms. The summed E-state index contributed by atoms with van der Waals surface area (Å²) in [7, 11) is 2.17. The predicted molar refractivity (Wildman–Crippen MR) is 96.4 cm³/mol. The van der Waals surface area contributed by atoms with Crippen molar-refractivity contribution in [1.82, 2.24) is 9.80 Å². The Morgan fingerprint density at radius 2 is 1.79 bits per heavy atom. The van der Waals surface area contributed by atoms with Gasteiger partial charge in [0.05, 0.1) is 0 Å². The maximum Gasteiger partial charge on any atom is 0.129 e. The van der Waals surface area contributed by atoms with Crippen molar-refractivity contribution in [3.63, 3.8) is 0 Å². The van der Waals surface area contributed by atoms with Gasteiger partial charge in [-0.05, 0) is 88.9 Å². The summed E-state index contributed by atoms with van der Waals surface area (Å²) in [4.78, 5) is 4.83. The first-order valence-electron chi connectivity index (χ1n) is 9.47. The van der Waals surface area contributed by atoms with Crippen molar-refractivity contribution in [2.45, 2.75) is 44.9 Å². The zero-order valence-corrected chi connectivity index (χ0v) is 15.2. The maximum absolute atomic E-state index is 14.1. The standard InChI is InChI=1S/C20H31FN2O/c1-16-14-18(17-6-10-22(2)11-7-17)20(15-19(16)21)24-13-12-23-8-4-3-5-9-23/h14-15,17H,3-13H2,1-2H3. The van der Waals surface area contributed by atoms with Crippen molar-refractivity contribution < 1.29 is 9.13 Å². The molecule has 2 aliphatic rings. The van der Waals surface area contributed by atoms with Crippen molar-refractivity contribution in [3.8, 4) is 5.75 Å². The molecule has 2 fully saturated rings. The Balaban J connectivity index is 1.65. The molecule has 0 aliphatic carbocycles. The molecule has 24 heavy (non-hydrogen) atoms. The number of likely N-dealkylation sites (tertiary alicyclic amines) is 2. The number of halogens is 1. The van der Waals surface area contributed by atoms with E-state index in [-0.39, 0.29) is 5.82 Å². The van der Waals surface area contributed by atoms with Crippen molar-refractivity contribution in [2.24, 2.45) is 0 Å². The minimum absolute atomic E-state index is 0.153. The van der Waals surface area contributed by atoms with Crippen LogP contribution in [0.5, 0.6) is 5.75 Å². The SMILES string of the molecule is Cc1cc(C2CCN(C)CC2)c(OCCN2CCCCC2)cc1F. The third-order valence-corrected chi connectivity index (χ3v) is 5.56.